The topological polar surface area (TPSA) is 214 Å². The Morgan fingerprint density at radius 2 is 0.867 bits per heavy atom. The first kappa shape index (κ1) is 69.3. The maximum atomic E-state index is 13.1. The van der Waals surface area contributed by atoms with E-state index in [0.717, 1.165) is 70.6 Å². The molecular weight excluding hydrogens is 957 g/mol. The largest absolute Gasteiger partial charge is 0.457 e. The number of aliphatic hydroxyl groups is 7. The maximum absolute atomic E-state index is 13.1. The summed E-state index contributed by atoms with van der Waals surface area (Å²) in [6.07, 6.45) is 40.7. The molecule has 2 saturated heterocycles. The van der Waals surface area contributed by atoms with Gasteiger partial charge in [-0.15, -0.1) is 0 Å². The van der Waals surface area contributed by atoms with Gasteiger partial charge in [0.05, 0.1) is 26.4 Å². The van der Waals surface area contributed by atoms with Crippen molar-refractivity contribution in [1.29, 1.82) is 0 Å². The van der Waals surface area contributed by atoms with Crippen molar-refractivity contribution in [3.05, 3.63) is 36.5 Å². The fraction of sp³-hybridized carbons (Fsp3) is 0.885. The summed E-state index contributed by atoms with van der Waals surface area (Å²) in [4.78, 5) is 13.1. The molecule has 0 aliphatic carbocycles. The van der Waals surface area contributed by atoms with E-state index >= 15 is 0 Å². The fourth-order valence-corrected chi connectivity index (χ4v) is 9.77. The summed E-state index contributed by atoms with van der Waals surface area (Å²) in [7, 11) is 0. The van der Waals surface area contributed by atoms with Gasteiger partial charge in [0.15, 0.2) is 12.6 Å². The fourth-order valence-electron chi connectivity index (χ4n) is 9.77. The molecular formula is C61H112O14. The van der Waals surface area contributed by atoms with Crippen molar-refractivity contribution < 1.29 is 69.0 Å². The number of aliphatic hydroxyl groups excluding tert-OH is 7. The Morgan fingerprint density at radius 3 is 1.36 bits per heavy atom. The first-order valence-corrected chi connectivity index (χ1v) is 30.6. The average molecular weight is 1070 g/mol. The standard InChI is InChI=1S/C61H112O14/c1-3-5-7-9-11-13-15-17-19-21-22-23-24-25-26-27-28-29-30-32-34-36-38-40-42-44-53(63)73-50(47-70-45-43-41-39-37-35-33-31-20-18-16-14-12-10-8-6-4-2)48-71-60-59(69)57(67)55(65)52(75-60)49-72-61-58(68)56(66)54(64)51(46-62)74-61/h6,8,12,14,18,20,50-52,54-62,64-69H,3-5,7,9-11,13,15-17,19,21-49H2,1-2H3/b8-6-,14-12-,20-18-. The Labute approximate surface area is 455 Å². The van der Waals surface area contributed by atoms with Crippen molar-refractivity contribution >= 4 is 5.97 Å². The third kappa shape index (κ3) is 34.7. The van der Waals surface area contributed by atoms with E-state index in [1.807, 2.05) is 0 Å². The summed E-state index contributed by atoms with van der Waals surface area (Å²) in [6.45, 7) is 3.59. The summed E-state index contributed by atoms with van der Waals surface area (Å²) in [5.74, 6) is -0.376. The van der Waals surface area contributed by atoms with Crippen molar-refractivity contribution in [2.24, 2.45) is 0 Å². The highest BCUT2D eigenvalue weighted by Gasteiger charge is 2.47. The SMILES string of the molecule is CC/C=C\C/C=C\C/C=C\CCCCCCCCOCC(COC1OC(COC2OC(CO)C(O)C(O)C2O)C(O)C(O)C1O)OC(=O)CCCCCCCCCCCCCCCCCCCCCCCCCCC. The molecule has 0 aromatic heterocycles. The van der Waals surface area contributed by atoms with Crippen LogP contribution in [0.15, 0.2) is 36.5 Å². The molecule has 75 heavy (non-hydrogen) atoms. The number of carbonyl (C=O) groups excluding carboxylic acids is 1. The zero-order valence-electron chi connectivity index (χ0n) is 47.3. The van der Waals surface area contributed by atoms with E-state index in [1.54, 1.807) is 0 Å². The van der Waals surface area contributed by atoms with Gasteiger partial charge in [-0.05, 0) is 44.9 Å². The molecule has 0 amide bonds. The molecule has 14 heteroatoms. The highest BCUT2D eigenvalue weighted by atomic mass is 16.7. The van der Waals surface area contributed by atoms with Crippen LogP contribution in [0.2, 0.25) is 0 Å². The molecule has 0 radical (unpaired) electrons. The normalized spacial score (nSPS) is 24.8. The smallest absolute Gasteiger partial charge is 0.306 e. The summed E-state index contributed by atoms with van der Waals surface area (Å²) >= 11 is 0. The first-order valence-electron chi connectivity index (χ1n) is 30.6. The lowest BCUT2D eigenvalue weighted by molar-refractivity contribution is -0.332. The minimum Gasteiger partial charge on any atom is -0.457 e. The van der Waals surface area contributed by atoms with Crippen molar-refractivity contribution in [2.75, 3.05) is 33.0 Å². The quantitative estimate of drug-likeness (QED) is 0.0172. The van der Waals surface area contributed by atoms with E-state index in [1.165, 1.54) is 148 Å². The summed E-state index contributed by atoms with van der Waals surface area (Å²) in [5, 5.41) is 72.4. The Balaban J connectivity index is 1.67. The van der Waals surface area contributed by atoms with Crippen LogP contribution in [-0.2, 0) is 33.2 Å². The van der Waals surface area contributed by atoms with Crippen molar-refractivity contribution in [3.8, 4) is 0 Å². The number of esters is 1. The zero-order chi connectivity index (χ0) is 54.4. The van der Waals surface area contributed by atoms with Gasteiger partial charge in [0.2, 0.25) is 0 Å². The van der Waals surface area contributed by atoms with Gasteiger partial charge in [-0.25, -0.2) is 0 Å². The number of hydrogen-bond acceptors (Lipinski definition) is 14. The number of allylic oxidation sites excluding steroid dienone is 6. The molecule has 11 unspecified atom stereocenters. The van der Waals surface area contributed by atoms with Crippen molar-refractivity contribution in [3.63, 3.8) is 0 Å². The number of carbonyl (C=O) groups is 1. The van der Waals surface area contributed by atoms with Crippen LogP contribution >= 0.6 is 0 Å². The molecule has 0 spiro atoms. The van der Waals surface area contributed by atoms with Gasteiger partial charge in [-0.2, -0.15) is 0 Å². The van der Waals surface area contributed by atoms with Crippen molar-refractivity contribution in [1.82, 2.24) is 0 Å². The van der Waals surface area contributed by atoms with Gasteiger partial charge in [-0.1, -0.05) is 230 Å². The molecule has 0 bridgehead atoms. The van der Waals surface area contributed by atoms with Crippen LogP contribution in [0.1, 0.15) is 245 Å². The molecule has 2 heterocycles. The molecule has 14 nitrogen and oxygen atoms in total. The predicted molar refractivity (Wildman–Crippen MR) is 298 cm³/mol. The minimum absolute atomic E-state index is 0.0554. The predicted octanol–water partition coefficient (Wildman–Crippen LogP) is 11.3. The third-order valence-corrected chi connectivity index (χ3v) is 14.7. The van der Waals surface area contributed by atoms with Gasteiger partial charge in [0.25, 0.3) is 0 Å². The number of hydrogen-bond donors (Lipinski definition) is 7. The summed E-state index contributed by atoms with van der Waals surface area (Å²) in [6, 6.07) is 0. The third-order valence-electron chi connectivity index (χ3n) is 14.7. The van der Waals surface area contributed by atoms with Crippen LogP contribution in [0.4, 0.5) is 0 Å². The van der Waals surface area contributed by atoms with Crippen LogP contribution in [0.5, 0.6) is 0 Å². The van der Waals surface area contributed by atoms with E-state index in [-0.39, 0.29) is 25.6 Å². The highest BCUT2D eigenvalue weighted by Crippen LogP contribution is 2.27. The number of unbranched alkanes of at least 4 members (excludes halogenated alkanes) is 30. The second kappa shape index (κ2) is 48.1. The molecule has 11 atom stereocenters. The van der Waals surface area contributed by atoms with E-state index in [4.69, 9.17) is 28.4 Å². The Morgan fingerprint density at radius 1 is 0.453 bits per heavy atom. The van der Waals surface area contributed by atoms with Crippen LogP contribution in [-0.4, -0.2) is 142 Å². The monoisotopic (exact) mass is 1070 g/mol. The van der Waals surface area contributed by atoms with Gasteiger partial charge in [0, 0.05) is 13.0 Å². The lowest BCUT2D eigenvalue weighted by atomic mass is 9.98. The maximum Gasteiger partial charge on any atom is 0.306 e. The lowest BCUT2D eigenvalue weighted by Gasteiger charge is -2.42. The molecule has 0 aromatic rings. The van der Waals surface area contributed by atoms with Crippen LogP contribution in [0.25, 0.3) is 0 Å². The summed E-state index contributed by atoms with van der Waals surface area (Å²) < 4.78 is 34.4. The van der Waals surface area contributed by atoms with E-state index in [0.29, 0.717) is 13.0 Å². The lowest BCUT2D eigenvalue weighted by Crippen LogP contribution is -2.61. The van der Waals surface area contributed by atoms with Crippen LogP contribution in [0, 0.1) is 0 Å². The molecule has 2 rings (SSSR count). The van der Waals surface area contributed by atoms with Crippen LogP contribution < -0.4 is 0 Å². The molecule has 0 aromatic carbocycles. The Hall–Kier alpha value is -1.79. The van der Waals surface area contributed by atoms with Crippen LogP contribution in [0.3, 0.4) is 0 Å². The minimum atomic E-state index is -1.71. The van der Waals surface area contributed by atoms with E-state index in [2.05, 4.69) is 50.3 Å². The van der Waals surface area contributed by atoms with Gasteiger partial charge in [-0.3, -0.25) is 4.79 Å². The molecule has 0 saturated carbocycles. The first-order chi connectivity index (χ1) is 36.6. The highest BCUT2D eigenvalue weighted by molar-refractivity contribution is 5.69. The van der Waals surface area contributed by atoms with E-state index < -0.39 is 80.7 Å². The molecule has 7 N–H and O–H groups in total. The van der Waals surface area contributed by atoms with Gasteiger partial charge in [0.1, 0.15) is 54.9 Å². The van der Waals surface area contributed by atoms with Gasteiger partial charge < -0.3 is 64.2 Å². The molecule has 2 aliphatic heterocycles. The zero-order valence-corrected chi connectivity index (χ0v) is 47.3. The van der Waals surface area contributed by atoms with E-state index in [9.17, 15) is 40.5 Å². The van der Waals surface area contributed by atoms with Crippen molar-refractivity contribution in [2.45, 2.75) is 313 Å². The Kier molecular flexibility index (Phi) is 44.5. The molecule has 2 fully saturated rings. The number of rotatable bonds is 50. The second-order valence-corrected chi connectivity index (χ2v) is 21.5. The summed E-state index contributed by atoms with van der Waals surface area (Å²) in [5.41, 5.74) is 0. The number of ether oxygens (including phenoxy) is 6. The molecule has 2 aliphatic rings. The van der Waals surface area contributed by atoms with Gasteiger partial charge >= 0.3 is 5.97 Å². The molecule has 440 valence electrons. The average Bonchev–Trinajstić information content (AvgIpc) is 3.41. The Bertz CT molecular complexity index is 1380. The second-order valence-electron chi connectivity index (χ2n) is 21.5.